The molecule has 0 aromatic heterocycles. The van der Waals surface area contributed by atoms with Crippen LogP contribution < -0.4 is 14.8 Å². The molecule has 1 aromatic rings. The molecule has 1 N–H and O–H groups in total. The number of hydrogen-bond donors (Lipinski definition) is 1. The minimum absolute atomic E-state index is 0.617. The molecule has 0 fully saturated rings. The van der Waals surface area contributed by atoms with E-state index in [9.17, 15) is 0 Å². The van der Waals surface area contributed by atoms with E-state index >= 15 is 0 Å². The molecule has 0 spiro atoms. The van der Waals surface area contributed by atoms with Crippen molar-refractivity contribution in [3.63, 3.8) is 0 Å². The SMILES string of the molecule is CCOc1cc(CNCCOC)cc(Br)c1OCCSC. The third-order valence-corrected chi connectivity index (χ3v) is 3.88. The number of benzene rings is 1. The maximum absolute atomic E-state index is 5.83. The molecule has 0 aliphatic rings. The molecule has 21 heavy (non-hydrogen) atoms. The molecule has 0 bridgehead atoms. The summed E-state index contributed by atoms with van der Waals surface area (Å²) in [4.78, 5) is 0. The number of halogens is 1. The van der Waals surface area contributed by atoms with Crippen molar-refractivity contribution in [2.75, 3.05) is 45.5 Å². The van der Waals surface area contributed by atoms with E-state index in [2.05, 4.69) is 33.6 Å². The van der Waals surface area contributed by atoms with Gasteiger partial charge in [-0.2, -0.15) is 11.8 Å². The number of nitrogens with one attached hydrogen (secondary N) is 1. The Morgan fingerprint density at radius 2 is 2.05 bits per heavy atom. The third kappa shape index (κ3) is 6.91. The van der Waals surface area contributed by atoms with E-state index in [0.717, 1.165) is 40.4 Å². The first kappa shape index (κ1) is 18.6. The first-order valence-corrected chi connectivity index (χ1v) is 9.18. The number of methoxy groups -OCH3 is 1. The molecule has 0 atom stereocenters. The van der Waals surface area contributed by atoms with E-state index in [-0.39, 0.29) is 0 Å². The normalized spacial score (nSPS) is 10.7. The van der Waals surface area contributed by atoms with Crippen LogP contribution in [0.15, 0.2) is 16.6 Å². The Bertz CT molecular complexity index is 418. The fourth-order valence-electron chi connectivity index (χ4n) is 1.76. The van der Waals surface area contributed by atoms with Gasteiger partial charge in [0.2, 0.25) is 0 Å². The van der Waals surface area contributed by atoms with Gasteiger partial charge in [-0.1, -0.05) is 0 Å². The predicted octanol–water partition coefficient (Wildman–Crippen LogP) is 3.33. The largest absolute Gasteiger partial charge is 0.490 e. The van der Waals surface area contributed by atoms with Crippen LogP contribution >= 0.6 is 27.7 Å². The first-order valence-electron chi connectivity index (χ1n) is 6.99. The summed E-state index contributed by atoms with van der Waals surface area (Å²) in [5.74, 6) is 2.53. The summed E-state index contributed by atoms with van der Waals surface area (Å²) in [5.41, 5.74) is 1.15. The molecule has 0 aliphatic heterocycles. The first-order chi connectivity index (χ1) is 10.2. The van der Waals surface area contributed by atoms with Gasteiger partial charge in [0.25, 0.3) is 0 Å². The maximum atomic E-state index is 5.83. The molecule has 0 aliphatic carbocycles. The Kier molecular flexibility index (Phi) is 9.91. The number of ether oxygens (including phenoxy) is 3. The Morgan fingerprint density at radius 1 is 1.24 bits per heavy atom. The second-order valence-corrected chi connectivity index (χ2v) is 6.19. The lowest BCUT2D eigenvalue weighted by Crippen LogP contribution is -2.18. The molecular weight excluding hydrogens is 354 g/mol. The average molecular weight is 378 g/mol. The molecule has 4 nitrogen and oxygen atoms in total. The monoisotopic (exact) mass is 377 g/mol. The van der Waals surface area contributed by atoms with Gasteiger partial charge in [-0.15, -0.1) is 0 Å². The van der Waals surface area contributed by atoms with E-state index in [4.69, 9.17) is 14.2 Å². The summed E-state index contributed by atoms with van der Waals surface area (Å²) in [6.45, 7) is 5.56. The Labute approximate surface area is 140 Å². The van der Waals surface area contributed by atoms with Crippen molar-refractivity contribution in [1.82, 2.24) is 5.32 Å². The van der Waals surface area contributed by atoms with E-state index in [1.54, 1.807) is 18.9 Å². The molecule has 0 unspecified atom stereocenters. The second kappa shape index (κ2) is 11.2. The van der Waals surface area contributed by atoms with Gasteiger partial charge in [-0.25, -0.2) is 0 Å². The standard InChI is InChI=1S/C15H24BrNO3S/c1-4-19-14-10-12(11-17-5-6-18-2)9-13(16)15(14)20-7-8-21-3/h9-10,17H,4-8,11H2,1-3H3. The highest BCUT2D eigenvalue weighted by Crippen LogP contribution is 2.37. The molecule has 1 aromatic carbocycles. The van der Waals surface area contributed by atoms with Crippen molar-refractivity contribution in [3.05, 3.63) is 22.2 Å². The zero-order chi connectivity index (χ0) is 15.5. The van der Waals surface area contributed by atoms with Gasteiger partial charge < -0.3 is 19.5 Å². The summed E-state index contributed by atoms with van der Waals surface area (Å²) in [7, 11) is 1.70. The average Bonchev–Trinajstić information content (AvgIpc) is 2.47. The van der Waals surface area contributed by atoms with Gasteiger partial charge in [0.1, 0.15) is 0 Å². The fraction of sp³-hybridized carbons (Fsp3) is 0.600. The van der Waals surface area contributed by atoms with Gasteiger partial charge in [-0.3, -0.25) is 0 Å². The molecular formula is C15H24BrNO3S. The van der Waals surface area contributed by atoms with E-state index in [0.29, 0.717) is 19.8 Å². The number of rotatable bonds is 11. The van der Waals surface area contributed by atoms with E-state index in [1.165, 1.54) is 0 Å². The van der Waals surface area contributed by atoms with Crippen molar-refractivity contribution in [2.45, 2.75) is 13.5 Å². The second-order valence-electron chi connectivity index (χ2n) is 4.35. The van der Waals surface area contributed by atoms with Crippen LogP contribution in [0.2, 0.25) is 0 Å². The summed E-state index contributed by atoms with van der Waals surface area (Å²) >= 11 is 5.34. The molecule has 0 saturated carbocycles. The van der Waals surface area contributed by atoms with Gasteiger partial charge in [-0.05, 0) is 46.8 Å². The van der Waals surface area contributed by atoms with E-state index < -0.39 is 0 Å². The quantitative estimate of drug-likeness (QED) is 0.598. The lowest BCUT2D eigenvalue weighted by atomic mass is 10.2. The molecule has 120 valence electrons. The lowest BCUT2D eigenvalue weighted by Gasteiger charge is -2.15. The van der Waals surface area contributed by atoms with Crippen LogP contribution in [-0.2, 0) is 11.3 Å². The Hall–Kier alpha value is -0.430. The van der Waals surface area contributed by atoms with Crippen LogP contribution in [-0.4, -0.2) is 45.5 Å². The highest BCUT2D eigenvalue weighted by Gasteiger charge is 2.12. The van der Waals surface area contributed by atoms with Crippen molar-refractivity contribution >= 4 is 27.7 Å². The third-order valence-electron chi connectivity index (χ3n) is 2.72. The summed E-state index contributed by atoms with van der Waals surface area (Å²) in [6.07, 6.45) is 2.07. The highest BCUT2D eigenvalue weighted by atomic mass is 79.9. The van der Waals surface area contributed by atoms with Crippen LogP contribution in [0.4, 0.5) is 0 Å². The molecule has 0 amide bonds. The maximum Gasteiger partial charge on any atom is 0.175 e. The fourth-order valence-corrected chi connectivity index (χ4v) is 2.61. The minimum atomic E-state index is 0.617. The summed E-state index contributed by atoms with van der Waals surface area (Å²) < 4.78 is 17.5. The summed E-state index contributed by atoms with van der Waals surface area (Å²) in [5, 5.41) is 3.33. The van der Waals surface area contributed by atoms with Crippen LogP contribution in [0.1, 0.15) is 12.5 Å². The minimum Gasteiger partial charge on any atom is -0.490 e. The van der Waals surface area contributed by atoms with Crippen molar-refractivity contribution < 1.29 is 14.2 Å². The lowest BCUT2D eigenvalue weighted by molar-refractivity contribution is 0.199. The predicted molar refractivity (Wildman–Crippen MR) is 92.8 cm³/mol. The number of hydrogen-bond acceptors (Lipinski definition) is 5. The Balaban J connectivity index is 2.74. The molecule has 0 saturated heterocycles. The van der Waals surface area contributed by atoms with Gasteiger partial charge in [0.05, 0.1) is 24.3 Å². The van der Waals surface area contributed by atoms with Crippen molar-refractivity contribution in [1.29, 1.82) is 0 Å². The number of thioether (sulfide) groups is 1. The molecule has 0 radical (unpaired) electrons. The van der Waals surface area contributed by atoms with Crippen LogP contribution in [0.25, 0.3) is 0 Å². The van der Waals surface area contributed by atoms with Crippen molar-refractivity contribution in [2.24, 2.45) is 0 Å². The summed E-state index contributed by atoms with van der Waals surface area (Å²) in [6, 6.07) is 4.10. The Morgan fingerprint density at radius 3 is 2.71 bits per heavy atom. The molecule has 6 heteroatoms. The van der Waals surface area contributed by atoms with Gasteiger partial charge >= 0.3 is 0 Å². The van der Waals surface area contributed by atoms with Crippen molar-refractivity contribution in [3.8, 4) is 11.5 Å². The van der Waals surface area contributed by atoms with Gasteiger partial charge in [0, 0.05) is 26.0 Å². The molecule has 1 rings (SSSR count). The van der Waals surface area contributed by atoms with Crippen LogP contribution in [0, 0.1) is 0 Å². The molecule has 0 heterocycles. The highest BCUT2D eigenvalue weighted by molar-refractivity contribution is 9.10. The van der Waals surface area contributed by atoms with Crippen LogP contribution in [0.3, 0.4) is 0 Å². The van der Waals surface area contributed by atoms with Crippen LogP contribution in [0.5, 0.6) is 11.5 Å². The topological polar surface area (TPSA) is 39.7 Å². The zero-order valence-corrected chi connectivity index (χ0v) is 15.3. The van der Waals surface area contributed by atoms with Gasteiger partial charge in [0.15, 0.2) is 11.5 Å². The van der Waals surface area contributed by atoms with E-state index in [1.807, 2.05) is 13.0 Å². The smallest absolute Gasteiger partial charge is 0.175 e. The zero-order valence-electron chi connectivity index (χ0n) is 12.9.